The number of nitro benzene ring substituents is 1. The Kier molecular flexibility index (Phi) is 5.00. The van der Waals surface area contributed by atoms with Crippen molar-refractivity contribution in [2.75, 3.05) is 13.1 Å². The van der Waals surface area contributed by atoms with E-state index in [1.165, 1.54) is 23.9 Å². The summed E-state index contributed by atoms with van der Waals surface area (Å²) in [6.07, 6.45) is 0. The van der Waals surface area contributed by atoms with Crippen LogP contribution in [0.2, 0.25) is 0 Å². The Labute approximate surface area is 150 Å². The molecule has 1 aromatic heterocycles. The van der Waals surface area contributed by atoms with Crippen molar-refractivity contribution in [1.82, 2.24) is 4.90 Å². The van der Waals surface area contributed by atoms with Crippen LogP contribution in [0.25, 0.3) is 0 Å². The highest BCUT2D eigenvalue weighted by Gasteiger charge is 2.27. The lowest BCUT2D eigenvalue weighted by atomic mass is 10.2. The normalized spacial score (nSPS) is 13.9. The quantitative estimate of drug-likeness (QED) is 0.567. The Bertz CT molecular complexity index is 803. The monoisotopic (exact) mass is 409 g/mol. The topological polar surface area (TPSA) is 89.0 Å². The van der Waals surface area contributed by atoms with E-state index in [0.29, 0.717) is 28.7 Å². The number of non-ortho nitro benzene ring substituents is 1. The zero-order valence-corrected chi connectivity index (χ0v) is 14.7. The number of hydrogen-bond acceptors (Lipinski definition) is 6. The van der Waals surface area contributed by atoms with Crippen LogP contribution in [0.4, 0.5) is 5.69 Å². The number of nitrogens with zero attached hydrogens (tertiary/aromatic N) is 3. The minimum Gasteiger partial charge on any atom is -0.444 e. The number of aliphatic imine (C=N–C) groups is 1. The average molecular weight is 410 g/mol. The highest BCUT2D eigenvalue weighted by molar-refractivity contribution is 9.10. The molecule has 24 heavy (non-hydrogen) atoms. The second kappa shape index (κ2) is 7.18. The van der Waals surface area contributed by atoms with E-state index in [1.54, 1.807) is 29.2 Å². The van der Waals surface area contributed by atoms with Gasteiger partial charge in [-0.25, -0.2) is 0 Å². The van der Waals surface area contributed by atoms with Crippen molar-refractivity contribution >= 4 is 44.5 Å². The molecule has 0 unspecified atom stereocenters. The van der Waals surface area contributed by atoms with E-state index in [2.05, 4.69) is 20.9 Å². The van der Waals surface area contributed by atoms with Crippen LogP contribution < -0.4 is 0 Å². The van der Waals surface area contributed by atoms with Gasteiger partial charge in [0.25, 0.3) is 11.6 Å². The Balaban J connectivity index is 1.64. The smallest absolute Gasteiger partial charge is 0.295 e. The molecule has 0 bridgehead atoms. The summed E-state index contributed by atoms with van der Waals surface area (Å²) in [6, 6.07) is 9.63. The van der Waals surface area contributed by atoms with E-state index in [-0.39, 0.29) is 17.4 Å². The fourth-order valence-electron chi connectivity index (χ4n) is 2.16. The van der Waals surface area contributed by atoms with Crippen molar-refractivity contribution in [2.45, 2.75) is 5.75 Å². The predicted octanol–water partition coefficient (Wildman–Crippen LogP) is 3.70. The number of halogens is 1. The number of benzene rings is 1. The van der Waals surface area contributed by atoms with Gasteiger partial charge in [0.2, 0.25) is 0 Å². The van der Waals surface area contributed by atoms with E-state index in [0.717, 1.165) is 5.56 Å². The van der Waals surface area contributed by atoms with Crippen LogP contribution in [0.5, 0.6) is 0 Å². The maximum absolute atomic E-state index is 12.4. The SMILES string of the molecule is O=C(c1ccc(Br)o1)N1CCN=C1SCc1ccc([N+](=O)[O-])cc1. The van der Waals surface area contributed by atoms with Gasteiger partial charge in [-0.1, -0.05) is 23.9 Å². The van der Waals surface area contributed by atoms with Crippen LogP contribution in [0.15, 0.2) is 50.5 Å². The molecule has 0 radical (unpaired) electrons. The van der Waals surface area contributed by atoms with Crippen LogP contribution in [0.3, 0.4) is 0 Å². The predicted molar refractivity (Wildman–Crippen MR) is 94.1 cm³/mol. The van der Waals surface area contributed by atoms with Crippen LogP contribution in [0, 0.1) is 10.1 Å². The van der Waals surface area contributed by atoms with Gasteiger partial charge < -0.3 is 4.42 Å². The lowest BCUT2D eigenvalue weighted by Crippen LogP contribution is -2.32. The van der Waals surface area contributed by atoms with E-state index in [4.69, 9.17) is 4.42 Å². The summed E-state index contributed by atoms with van der Waals surface area (Å²) < 4.78 is 5.80. The van der Waals surface area contributed by atoms with Gasteiger partial charge in [0.15, 0.2) is 15.6 Å². The lowest BCUT2D eigenvalue weighted by Gasteiger charge is -2.16. The average Bonchev–Trinajstić information content (AvgIpc) is 3.21. The summed E-state index contributed by atoms with van der Waals surface area (Å²) in [5.41, 5.74) is 0.982. The van der Waals surface area contributed by atoms with Crippen molar-refractivity contribution in [1.29, 1.82) is 0 Å². The van der Waals surface area contributed by atoms with Gasteiger partial charge in [-0.2, -0.15) is 0 Å². The number of furan rings is 1. The molecule has 1 aromatic carbocycles. The van der Waals surface area contributed by atoms with Crippen LogP contribution in [-0.4, -0.2) is 34.0 Å². The van der Waals surface area contributed by atoms with Gasteiger partial charge >= 0.3 is 0 Å². The number of rotatable bonds is 4. The van der Waals surface area contributed by atoms with Crippen molar-refractivity contribution in [3.63, 3.8) is 0 Å². The molecular weight excluding hydrogens is 398 g/mol. The van der Waals surface area contributed by atoms with Gasteiger partial charge in [-0.05, 0) is 33.6 Å². The second-order valence-corrected chi connectivity index (χ2v) is 6.66. The van der Waals surface area contributed by atoms with Crippen molar-refractivity contribution in [3.05, 3.63) is 62.5 Å². The molecule has 1 aliphatic heterocycles. The number of carbonyl (C=O) groups excluding carboxylic acids is 1. The highest BCUT2D eigenvalue weighted by Crippen LogP contribution is 2.24. The Morgan fingerprint density at radius 1 is 1.33 bits per heavy atom. The Morgan fingerprint density at radius 2 is 2.08 bits per heavy atom. The Hall–Kier alpha value is -2.13. The standard InChI is InChI=1S/C15H12BrN3O4S/c16-13-6-5-12(23-13)14(20)18-8-7-17-15(18)24-9-10-1-3-11(4-2-10)19(21)22/h1-6H,7-9H2. The molecule has 0 saturated heterocycles. The molecule has 0 N–H and O–H groups in total. The third kappa shape index (κ3) is 3.68. The van der Waals surface area contributed by atoms with Gasteiger partial charge in [0.05, 0.1) is 11.5 Å². The molecule has 0 spiro atoms. The number of thioether (sulfide) groups is 1. The van der Waals surface area contributed by atoms with Gasteiger partial charge in [-0.3, -0.25) is 24.8 Å². The summed E-state index contributed by atoms with van der Waals surface area (Å²) in [5, 5.41) is 11.3. The molecule has 0 atom stereocenters. The van der Waals surface area contributed by atoms with Gasteiger partial charge in [0, 0.05) is 24.4 Å². The van der Waals surface area contributed by atoms with Crippen molar-refractivity contribution in [2.24, 2.45) is 4.99 Å². The first-order valence-corrected chi connectivity index (χ1v) is 8.80. The summed E-state index contributed by atoms with van der Waals surface area (Å²) in [5.74, 6) is 0.600. The molecule has 0 saturated carbocycles. The molecule has 2 heterocycles. The molecule has 7 nitrogen and oxygen atoms in total. The molecular formula is C15H12BrN3O4S. The second-order valence-electron chi connectivity index (χ2n) is 4.94. The fourth-order valence-corrected chi connectivity index (χ4v) is 3.47. The molecule has 1 aliphatic rings. The van der Waals surface area contributed by atoms with Gasteiger partial charge in [0.1, 0.15) is 0 Å². The first-order valence-electron chi connectivity index (χ1n) is 7.02. The summed E-state index contributed by atoms with van der Waals surface area (Å²) in [6.45, 7) is 1.07. The van der Waals surface area contributed by atoms with Crippen molar-refractivity contribution < 1.29 is 14.1 Å². The number of amides is 1. The third-order valence-electron chi connectivity index (χ3n) is 3.35. The number of carbonyl (C=O) groups is 1. The first kappa shape index (κ1) is 16.7. The van der Waals surface area contributed by atoms with Crippen LogP contribution in [0.1, 0.15) is 16.1 Å². The summed E-state index contributed by atoms with van der Waals surface area (Å²) >= 11 is 4.60. The molecule has 0 fully saturated rings. The maximum atomic E-state index is 12.4. The molecule has 9 heteroatoms. The number of hydrogen-bond donors (Lipinski definition) is 0. The summed E-state index contributed by atoms with van der Waals surface area (Å²) in [7, 11) is 0. The zero-order valence-electron chi connectivity index (χ0n) is 12.3. The lowest BCUT2D eigenvalue weighted by molar-refractivity contribution is -0.384. The maximum Gasteiger partial charge on any atom is 0.295 e. The highest BCUT2D eigenvalue weighted by atomic mass is 79.9. The first-order chi connectivity index (χ1) is 11.5. The number of nitro groups is 1. The largest absolute Gasteiger partial charge is 0.444 e. The van der Waals surface area contributed by atoms with Crippen LogP contribution >= 0.6 is 27.7 Å². The summed E-state index contributed by atoms with van der Waals surface area (Å²) in [4.78, 5) is 28.6. The van der Waals surface area contributed by atoms with E-state index in [9.17, 15) is 14.9 Å². The van der Waals surface area contributed by atoms with E-state index < -0.39 is 4.92 Å². The van der Waals surface area contributed by atoms with E-state index in [1.807, 2.05) is 0 Å². The van der Waals surface area contributed by atoms with Crippen molar-refractivity contribution in [3.8, 4) is 0 Å². The molecule has 124 valence electrons. The minimum atomic E-state index is -0.431. The van der Waals surface area contributed by atoms with Crippen LogP contribution in [-0.2, 0) is 5.75 Å². The molecule has 3 rings (SSSR count). The third-order valence-corrected chi connectivity index (χ3v) is 4.86. The van der Waals surface area contributed by atoms with Gasteiger partial charge in [-0.15, -0.1) is 0 Å². The number of amidine groups is 1. The fraction of sp³-hybridized carbons (Fsp3) is 0.200. The molecule has 2 aromatic rings. The van der Waals surface area contributed by atoms with E-state index >= 15 is 0 Å². The minimum absolute atomic E-state index is 0.0576. The molecule has 0 aliphatic carbocycles. The zero-order chi connectivity index (χ0) is 17.1. The molecule has 1 amide bonds. The Morgan fingerprint density at radius 3 is 2.71 bits per heavy atom.